The Kier molecular flexibility index (Phi) is 5.91. The number of sulfone groups is 1. The van der Waals surface area contributed by atoms with E-state index in [9.17, 15) is 13.2 Å². The SMILES string of the molecule is CS(=O)(=O)CCCNC(=O)CC1CCCNC1. The molecule has 1 atom stereocenters. The molecular weight excluding hydrogens is 240 g/mol. The van der Waals surface area contributed by atoms with Crippen molar-refractivity contribution >= 4 is 15.7 Å². The minimum atomic E-state index is -2.91. The highest BCUT2D eigenvalue weighted by Gasteiger charge is 2.16. The van der Waals surface area contributed by atoms with E-state index < -0.39 is 9.84 Å². The molecule has 2 N–H and O–H groups in total. The Labute approximate surface area is 103 Å². The average Bonchev–Trinajstić information content (AvgIpc) is 2.25. The lowest BCUT2D eigenvalue weighted by molar-refractivity contribution is -0.122. The molecule has 0 saturated carbocycles. The van der Waals surface area contributed by atoms with E-state index in [1.165, 1.54) is 6.26 Å². The number of hydrogen-bond acceptors (Lipinski definition) is 4. The molecule has 0 radical (unpaired) electrons. The first-order valence-electron chi connectivity index (χ1n) is 6.12. The summed E-state index contributed by atoms with van der Waals surface area (Å²) in [5.74, 6) is 0.601. The molecule has 1 rings (SSSR count). The zero-order chi connectivity index (χ0) is 12.7. The number of hydrogen-bond donors (Lipinski definition) is 2. The first-order valence-corrected chi connectivity index (χ1v) is 8.18. The summed E-state index contributed by atoms with van der Waals surface area (Å²) in [7, 11) is -2.91. The van der Waals surface area contributed by atoms with Crippen LogP contribution >= 0.6 is 0 Å². The van der Waals surface area contributed by atoms with Gasteiger partial charge in [0.05, 0.1) is 5.75 Å². The maximum Gasteiger partial charge on any atom is 0.220 e. The Morgan fingerprint density at radius 3 is 2.82 bits per heavy atom. The lowest BCUT2D eigenvalue weighted by Crippen LogP contribution is -2.34. The number of amides is 1. The third-order valence-electron chi connectivity index (χ3n) is 2.89. The summed E-state index contributed by atoms with van der Waals surface area (Å²) < 4.78 is 21.7. The van der Waals surface area contributed by atoms with Gasteiger partial charge >= 0.3 is 0 Å². The molecule has 1 amide bonds. The first kappa shape index (κ1) is 14.4. The van der Waals surface area contributed by atoms with E-state index in [-0.39, 0.29) is 11.7 Å². The summed E-state index contributed by atoms with van der Waals surface area (Å²) in [4.78, 5) is 11.5. The Bertz CT molecular complexity index is 335. The van der Waals surface area contributed by atoms with Crippen molar-refractivity contribution < 1.29 is 13.2 Å². The summed E-state index contributed by atoms with van der Waals surface area (Å²) in [5, 5.41) is 6.04. The van der Waals surface area contributed by atoms with Crippen LogP contribution in [0.25, 0.3) is 0 Å². The summed E-state index contributed by atoms with van der Waals surface area (Å²) in [6.07, 6.45) is 4.48. The van der Waals surface area contributed by atoms with Crippen LogP contribution in [0.5, 0.6) is 0 Å². The van der Waals surface area contributed by atoms with Gasteiger partial charge in [-0.1, -0.05) is 0 Å². The monoisotopic (exact) mass is 262 g/mol. The smallest absolute Gasteiger partial charge is 0.220 e. The summed E-state index contributed by atoms with van der Waals surface area (Å²) in [5.41, 5.74) is 0. The van der Waals surface area contributed by atoms with Crippen LogP contribution in [0, 0.1) is 5.92 Å². The molecule has 0 bridgehead atoms. The number of rotatable bonds is 6. The highest BCUT2D eigenvalue weighted by molar-refractivity contribution is 7.90. The molecule has 1 aliphatic heterocycles. The van der Waals surface area contributed by atoms with Gasteiger partial charge in [-0.05, 0) is 38.3 Å². The Hall–Kier alpha value is -0.620. The topological polar surface area (TPSA) is 75.3 Å². The molecule has 5 nitrogen and oxygen atoms in total. The molecule has 1 fully saturated rings. The van der Waals surface area contributed by atoms with Crippen molar-refractivity contribution in [3.63, 3.8) is 0 Å². The van der Waals surface area contributed by atoms with Crippen molar-refractivity contribution in [3.05, 3.63) is 0 Å². The van der Waals surface area contributed by atoms with Gasteiger partial charge in [0.15, 0.2) is 0 Å². The van der Waals surface area contributed by atoms with Gasteiger partial charge < -0.3 is 10.6 Å². The molecular formula is C11H22N2O3S. The third-order valence-corrected chi connectivity index (χ3v) is 3.92. The van der Waals surface area contributed by atoms with Gasteiger partial charge in [-0.15, -0.1) is 0 Å². The normalized spacial score (nSPS) is 21.1. The lowest BCUT2D eigenvalue weighted by atomic mass is 9.96. The maximum atomic E-state index is 11.5. The summed E-state index contributed by atoms with van der Waals surface area (Å²) in [6, 6.07) is 0. The largest absolute Gasteiger partial charge is 0.356 e. The van der Waals surface area contributed by atoms with E-state index in [2.05, 4.69) is 10.6 Å². The van der Waals surface area contributed by atoms with Crippen molar-refractivity contribution in [2.45, 2.75) is 25.7 Å². The van der Waals surface area contributed by atoms with Crippen LogP contribution in [0.3, 0.4) is 0 Å². The van der Waals surface area contributed by atoms with Gasteiger partial charge in [0, 0.05) is 19.2 Å². The Morgan fingerprint density at radius 1 is 1.47 bits per heavy atom. The second-order valence-electron chi connectivity index (χ2n) is 4.75. The number of carbonyl (C=O) groups is 1. The molecule has 1 heterocycles. The van der Waals surface area contributed by atoms with Gasteiger partial charge in [-0.3, -0.25) is 4.79 Å². The highest BCUT2D eigenvalue weighted by Crippen LogP contribution is 2.13. The standard InChI is InChI=1S/C11H22N2O3S/c1-17(15,16)7-3-6-13-11(14)8-10-4-2-5-12-9-10/h10,12H,2-9H2,1H3,(H,13,14). The minimum absolute atomic E-state index is 0.0344. The molecule has 0 aliphatic carbocycles. The molecule has 100 valence electrons. The van der Waals surface area contributed by atoms with Crippen molar-refractivity contribution in [2.75, 3.05) is 31.6 Å². The van der Waals surface area contributed by atoms with Crippen molar-refractivity contribution in [3.8, 4) is 0 Å². The second kappa shape index (κ2) is 6.96. The lowest BCUT2D eigenvalue weighted by Gasteiger charge is -2.22. The molecule has 1 aliphatic rings. The summed E-state index contributed by atoms with van der Waals surface area (Å²) in [6.45, 7) is 2.41. The fraction of sp³-hybridized carbons (Fsp3) is 0.909. The van der Waals surface area contributed by atoms with Gasteiger partial charge in [-0.2, -0.15) is 0 Å². The van der Waals surface area contributed by atoms with E-state index in [1.807, 2.05) is 0 Å². The van der Waals surface area contributed by atoms with Crippen LogP contribution in [0.1, 0.15) is 25.7 Å². The molecule has 0 aromatic heterocycles. The van der Waals surface area contributed by atoms with Gasteiger partial charge in [0.1, 0.15) is 9.84 Å². The molecule has 1 saturated heterocycles. The molecule has 17 heavy (non-hydrogen) atoms. The zero-order valence-electron chi connectivity index (χ0n) is 10.4. The van der Waals surface area contributed by atoms with Crippen LogP contribution in [-0.2, 0) is 14.6 Å². The quantitative estimate of drug-likeness (QED) is 0.657. The Morgan fingerprint density at radius 2 is 2.24 bits per heavy atom. The molecule has 1 unspecified atom stereocenters. The fourth-order valence-corrected chi connectivity index (χ4v) is 2.66. The zero-order valence-corrected chi connectivity index (χ0v) is 11.2. The van der Waals surface area contributed by atoms with Gasteiger partial charge in [-0.25, -0.2) is 8.42 Å². The first-order chi connectivity index (χ1) is 7.97. The predicted molar refractivity (Wildman–Crippen MR) is 67.5 cm³/mol. The molecule has 0 aromatic rings. The fourth-order valence-electron chi connectivity index (χ4n) is 1.99. The van der Waals surface area contributed by atoms with E-state index in [0.717, 1.165) is 25.9 Å². The van der Waals surface area contributed by atoms with Crippen LogP contribution in [0.2, 0.25) is 0 Å². The third kappa shape index (κ3) is 7.33. The van der Waals surface area contributed by atoms with E-state index in [1.54, 1.807) is 0 Å². The van der Waals surface area contributed by atoms with Gasteiger partial charge in [0.2, 0.25) is 5.91 Å². The minimum Gasteiger partial charge on any atom is -0.356 e. The summed E-state index contributed by atoms with van der Waals surface area (Å²) >= 11 is 0. The van der Waals surface area contributed by atoms with Crippen LogP contribution in [-0.4, -0.2) is 46.0 Å². The average molecular weight is 262 g/mol. The molecule has 6 heteroatoms. The van der Waals surface area contributed by atoms with Crippen LogP contribution in [0.4, 0.5) is 0 Å². The van der Waals surface area contributed by atoms with Crippen molar-refractivity contribution in [1.82, 2.24) is 10.6 Å². The highest BCUT2D eigenvalue weighted by atomic mass is 32.2. The van der Waals surface area contributed by atoms with Crippen LogP contribution in [0.15, 0.2) is 0 Å². The molecule has 0 aromatic carbocycles. The number of carbonyl (C=O) groups excluding carboxylic acids is 1. The van der Waals surface area contributed by atoms with E-state index >= 15 is 0 Å². The van der Waals surface area contributed by atoms with Crippen molar-refractivity contribution in [1.29, 1.82) is 0 Å². The van der Waals surface area contributed by atoms with Gasteiger partial charge in [0.25, 0.3) is 0 Å². The van der Waals surface area contributed by atoms with Crippen molar-refractivity contribution in [2.24, 2.45) is 5.92 Å². The molecule has 0 spiro atoms. The van der Waals surface area contributed by atoms with E-state index in [4.69, 9.17) is 0 Å². The maximum absolute atomic E-state index is 11.5. The Balaban J connectivity index is 2.08. The number of nitrogens with one attached hydrogen (secondary N) is 2. The van der Waals surface area contributed by atoms with E-state index in [0.29, 0.717) is 25.3 Å². The second-order valence-corrected chi connectivity index (χ2v) is 7.01. The predicted octanol–water partition coefficient (Wildman–Crippen LogP) is -0.0730. The number of piperidine rings is 1. The van der Waals surface area contributed by atoms with Crippen LogP contribution < -0.4 is 10.6 Å².